The van der Waals surface area contributed by atoms with Crippen molar-refractivity contribution in [3.63, 3.8) is 0 Å². The van der Waals surface area contributed by atoms with E-state index in [0.29, 0.717) is 5.84 Å². The lowest BCUT2D eigenvalue weighted by Crippen LogP contribution is -2.53. The molecule has 5 heteroatoms. The number of rotatable bonds is 2. The first-order valence-electron chi connectivity index (χ1n) is 5.52. The van der Waals surface area contributed by atoms with Crippen molar-refractivity contribution < 1.29 is 4.79 Å². The Balaban J connectivity index is 2.31. The second-order valence-corrected chi connectivity index (χ2v) is 4.13. The molecule has 1 aliphatic rings. The normalized spacial score (nSPS) is 16.0. The topological polar surface area (TPSA) is 50.0 Å². The molecule has 1 radical (unpaired) electrons. The van der Waals surface area contributed by atoms with Gasteiger partial charge in [-0.15, -0.1) is 10.5 Å². The first-order valence-corrected chi connectivity index (χ1v) is 5.52. The number of hydrogen-bond acceptors (Lipinski definition) is 2. The minimum atomic E-state index is -0.209. The van der Waals surface area contributed by atoms with Crippen molar-refractivity contribution >= 4 is 11.9 Å². The third-order valence-electron chi connectivity index (χ3n) is 2.44. The highest BCUT2D eigenvalue weighted by atomic mass is 16.2. The lowest BCUT2D eigenvalue weighted by Gasteiger charge is -2.32. The summed E-state index contributed by atoms with van der Waals surface area (Å²) in [6, 6.07) is 9.42. The fraction of sp³-hybridized carbons (Fsp3) is 0.333. The summed E-state index contributed by atoms with van der Waals surface area (Å²) in [4.78, 5) is 11.8. The smallest absolute Gasteiger partial charge is 0.244 e. The monoisotopic (exact) mass is 231 g/mol. The Kier molecular flexibility index (Phi) is 2.99. The van der Waals surface area contributed by atoms with Crippen molar-refractivity contribution in [2.75, 3.05) is 7.05 Å². The van der Waals surface area contributed by atoms with Gasteiger partial charge in [-0.1, -0.05) is 30.3 Å². The lowest BCUT2D eigenvalue weighted by molar-refractivity contribution is 0.124. The van der Waals surface area contributed by atoms with Crippen molar-refractivity contribution in [2.24, 2.45) is 5.10 Å². The van der Waals surface area contributed by atoms with Crippen LogP contribution in [0.15, 0.2) is 35.4 Å². The van der Waals surface area contributed by atoms with Crippen LogP contribution in [-0.4, -0.2) is 35.0 Å². The van der Waals surface area contributed by atoms with Gasteiger partial charge in [-0.05, 0) is 13.8 Å². The summed E-state index contributed by atoms with van der Waals surface area (Å²) in [6.07, 6.45) is 0. The van der Waals surface area contributed by atoms with Crippen LogP contribution in [0.4, 0.5) is 4.79 Å². The van der Waals surface area contributed by atoms with Crippen LogP contribution < -0.4 is 5.43 Å². The summed E-state index contributed by atoms with van der Waals surface area (Å²) < 4.78 is 0. The van der Waals surface area contributed by atoms with Crippen LogP contribution in [0.2, 0.25) is 0 Å². The van der Waals surface area contributed by atoms with E-state index in [0.717, 1.165) is 5.56 Å². The average Bonchev–Trinajstić information content (AvgIpc) is 2.33. The Labute approximate surface area is 101 Å². The second kappa shape index (κ2) is 4.45. The molecule has 0 spiro atoms. The maximum Gasteiger partial charge on any atom is 0.360 e. The van der Waals surface area contributed by atoms with Gasteiger partial charge in [0.1, 0.15) is 0 Å². The summed E-state index contributed by atoms with van der Waals surface area (Å²) in [6.45, 7) is 3.84. The zero-order valence-electron chi connectivity index (χ0n) is 10.2. The highest BCUT2D eigenvalue weighted by Gasteiger charge is 2.29. The predicted octanol–water partition coefficient (Wildman–Crippen LogP) is 1.64. The first-order chi connectivity index (χ1) is 8.09. The summed E-state index contributed by atoms with van der Waals surface area (Å²) in [5.74, 6) is 0.557. The first kappa shape index (κ1) is 11.4. The summed E-state index contributed by atoms with van der Waals surface area (Å²) >= 11 is 0. The molecule has 0 saturated carbocycles. The minimum Gasteiger partial charge on any atom is -0.244 e. The molecule has 1 heterocycles. The van der Waals surface area contributed by atoms with Crippen molar-refractivity contribution in [1.29, 1.82) is 0 Å². The standard InChI is InChI=1S/C12H15N4O/c1-9(2)16-12(17)15(3)13-11(14-16)10-7-5-4-6-8-10/h4-9H,1-3H3. The molecule has 0 bridgehead atoms. The van der Waals surface area contributed by atoms with Crippen molar-refractivity contribution in [1.82, 2.24) is 15.4 Å². The summed E-state index contributed by atoms with van der Waals surface area (Å²) in [7, 11) is 1.63. The molecular formula is C12H15N4O. The third-order valence-corrected chi connectivity index (χ3v) is 2.44. The molecule has 5 nitrogen and oxygen atoms in total. The van der Waals surface area contributed by atoms with E-state index in [1.165, 1.54) is 10.0 Å². The number of nitrogens with zero attached hydrogens (tertiary/aromatic N) is 4. The Morgan fingerprint density at radius 3 is 2.41 bits per heavy atom. The minimum absolute atomic E-state index is 0.0131. The van der Waals surface area contributed by atoms with E-state index in [4.69, 9.17) is 0 Å². The van der Waals surface area contributed by atoms with Crippen molar-refractivity contribution in [2.45, 2.75) is 19.9 Å². The van der Waals surface area contributed by atoms with Crippen molar-refractivity contribution in [3.8, 4) is 0 Å². The predicted molar refractivity (Wildman–Crippen MR) is 65.2 cm³/mol. The molecule has 2 rings (SSSR count). The van der Waals surface area contributed by atoms with Gasteiger partial charge < -0.3 is 0 Å². The van der Waals surface area contributed by atoms with Crippen LogP contribution in [-0.2, 0) is 0 Å². The molecule has 17 heavy (non-hydrogen) atoms. The molecule has 1 aliphatic heterocycles. The largest absolute Gasteiger partial charge is 0.360 e. The molecule has 1 aromatic carbocycles. The number of amidine groups is 1. The Morgan fingerprint density at radius 1 is 1.18 bits per heavy atom. The second-order valence-electron chi connectivity index (χ2n) is 4.13. The van der Waals surface area contributed by atoms with Crippen LogP contribution >= 0.6 is 0 Å². The molecule has 0 aliphatic carbocycles. The molecule has 0 fully saturated rings. The Bertz CT molecular complexity index is 441. The van der Waals surface area contributed by atoms with Gasteiger partial charge in [0.2, 0.25) is 0 Å². The molecule has 2 amide bonds. The van der Waals surface area contributed by atoms with E-state index in [1.54, 1.807) is 7.05 Å². The van der Waals surface area contributed by atoms with Gasteiger partial charge in [0.05, 0.1) is 6.04 Å². The molecular weight excluding hydrogens is 216 g/mol. The summed E-state index contributed by atoms with van der Waals surface area (Å²) in [5, 5.41) is 6.91. The molecule has 1 aromatic rings. The number of benzene rings is 1. The number of carbonyl (C=O) groups excluding carboxylic acids is 1. The van der Waals surface area contributed by atoms with E-state index in [2.05, 4.69) is 10.5 Å². The molecule has 0 atom stereocenters. The van der Waals surface area contributed by atoms with Crippen LogP contribution in [0, 0.1) is 0 Å². The van der Waals surface area contributed by atoms with E-state index < -0.39 is 0 Å². The van der Waals surface area contributed by atoms with Crippen LogP contribution in [0.1, 0.15) is 19.4 Å². The van der Waals surface area contributed by atoms with E-state index in [-0.39, 0.29) is 12.1 Å². The third kappa shape index (κ3) is 2.22. The maximum atomic E-state index is 11.8. The van der Waals surface area contributed by atoms with Gasteiger partial charge in [0.25, 0.3) is 0 Å². The molecule has 0 aromatic heterocycles. The number of hydrogen-bond donors (Lipinski definition) is 0. The molecule has 0 N–H and O–H groups in total. The van der Waals surface area contributed by atoms with E-state index >= 15 is 0 Å². The number of urea groups is 1. The molecule has 0 saturated heterocycles. The van der Waals surface area contributed by atoms with E-state index in [1.807, 2.05) is 44.2 Å². The zero-order valence-corrected chi connectivity index (χ0v) is 10.2. The molecule has 0 unspecified atom stereocenters. The fourth-order valence-corrected chi connectivity index (χ4v) is 1.54. The highest BCUT2D eigenvalue weighted by molar-refractivity contribution is 6.01. The fourth-order valence-electron chi connectivity index (χ4n) is 1.54. The highest BCUT2D eigenvalue weighted by Crippen LogP contribution is 2.11. The average molecular weight is 231 g/mol. The van der Waals surface area contributed by atoms with Gasteiger partial charge in [-0.25, -0.2) is 14.8 Å². The van der Waals surface area contributed by atoms with Crippen LogP contribution in [0.5, 0.6) is 0 Å². The zero-order chi connectivity index (χ0) is 12.4. The van der Waals surface area contributed by atoms with Crippen LogP contribution in [0.25, 0.3) is 0 Å². The maximum absolute atomic E-state index is 11.8. The van der Waals surface area contributed by atoms with Gasteiger partial charge in [0, 0.05) is 12.6 Å². The quantitative estimate of drug-likeness (QED) is 0.763. The number of carbonyl (C=O) groups is 1. The van der Waals surface area contributed by atoms with E-state index in [9.17, 15) is 4.79 Å². The lowest BCUT2D eigenvalue weighted by atomic mass is 10.2. The van der Waals surface area contributed by atoms with Gasteiger partial charge in [-0.2, -0.15) is 0 Å². The van der Waals surface area contributed by atoms with Crippen LogP contribution in [0.3, 0.4) is 0 Å². The summed E-state index contributed by atoms with van der Waals surface area (Å²) in [5.41, 5.74) is 5.18. The Hall–Kier alpha value is -2.04. The number of amides is 2. The molecule has 89 valence electrons. The SMILES string of the molecule is CC(C)N1[N]C(c2ccccc2)=NN(C)C1=O. The Morgan fingerprint density at radius 2 is 1.82 bits per heavy atom. The van der Waals surface area contributed by atoms with Gasteiger partial charge in [0.15, 0.2) is 5.84 Å². The van der Waals surface area contributed by atoms with Gasteiger partial charge in [-0.3, -0.25) is 0 Å². The van der Waals surface area contributed by atoms with Crippen molar-refractivity contribution in [3.05, 3.63) is 35.9 Å². The number of hydrazone groups is 1. The van der Waals surface area contributed by atoms with Gasteiger partial charge >= 0.3 is 6.03 Å².